The molecule has 1 atom stereocenters. The minimum Gasteiger partial charge on any atom is -0.497 e. The van der Waals surface area contributed by atoms with Crippen molar-refractivity contribution in [2.24, 2.45) is 5.92 Å². The van der Waals surface area contributed by atoms with Crippen LogP contribution in [0.2, 0.25) is 0 Å². The lowest BCUT2D eigenvalue weighted by atomic mass is 10.0. The molecule has 1 saturated carbocycles. The molecule has 7 heteroatoms. The van der Waals surface area contributed by atoms with Gasteiger partial charge in [0.2, 0.25) is 5.91 Å². The van der Waals surface area contributed by atoms with Crippen LogP contribution in [0, 0.1) is 12.8 Å². The number of amides is 2. The molecule has 0 radical (unpaired) electrons. The molecule has 2 fully saturated rings. The molecule has 2 aromatic rings. The van der Waals surface area contributed by atoms with Crippen LogP contribution in [0.1, 0.15) is 71.9 Å². The van der Waals surface area contributed by atoms with Crippen LogP contribution in [0.3, 0.4) is 0 Å². The summed E-state index contributed by atoms with van der Waals surface area (Å²) in [6, 6.07) is 7.60. The first kappa shape index (κ1) is 22.2. The highest BCUT2D eigenvalue weighted by Gasteiger charge is 2.31. The van der Waals surface area contributed by atoms with Gasteiger partial charge in [0, 0.05) is 38.2 Å². The number of carbonyl (C=O) groups is 2. The summed E-state index contributed by atoms with van der Waals surface area (Å²) < 4.78 is 5.23. The number of hydrogen-bond acceptors (Lipinski definition) is 5. The van der Waals surface area contributed by atoms with E-state index in [0.717, 1.165) is 30.1 Å². The van der Waals surface area contributed by atoms with Crippen LogP contribution in [0.4, 0.5) is 0 Å². The molecule has 7 nitrogen and oxygen atoms in total. The fourth-order valence-corrected chi connectivity index (χ4v) is 4.75. The van der Waals surface area contributed by atoms with E-state index in [0.29, 0.717) is 36.7 Å². The molecule has 1 aromatic carbocycles. The van der Waals surface area contributed by atoms with E-state index in [4.69, 9.17) is 4.74 Å². The number of likely N-dealkylation sites (tertiary alicyclic amines) is 1. The van der Waals surface area contributed by atoms with E-state index in [2.05, 4.69) is 15.3 Å². The normalized spacial score (nSPS) is 18.7. The zero-order valence-corrected chi connectivity index (χ0v) is 19.0. The number of hydrogen-bond donors (Lipinski definition) is 1. The maximum atomic E-state index is 12.7. The van der Waals surface area contributed by atoms with Crippen molar-refractivity contribution in [2.75, 3.05) is 20.2 Å². The number of aryl methyl sites for hydroxylation is 1. The van der Waals surface area contributed by atoms with Gasteiger partial charge in [0.25, 0.3) is 5.91 Å². The van der Waals surface area contributed by atoms with Crippen molar-refractivity contribution in [3.05, 3.63) is 53.1 Å². The molecule has 170 valence electrons. The molecule has 1 aliphatic carbocycles. The Kier molecular flexibility index (Phi) is 7.02. The van der Waals surface area contributed by atoms with E-state index in [1.54, 1.807) is 13.3 Å². The molecule has 4 rings (SSSR count). The quantitative estimate of drug-likeness (QED) is 0.717. The number of nitrogens with zero attached hydrogens (tertiary/aromatic N) is 3. The summed E-state index contributed by atoms with van der Waals surface area (Å²) in [7, 11) is 1.62. The molecule has 1 aliphatic heterocycles. The van der Waals surface area contributed by atoms with E-state index in [1.165, 1.54) is 25.7 Å². The number of ether oxygens (including phenoxy) is 1. The molecule has 1 saturated heterocycles. The van der Waals surface area contributed by atoms with Gasteiger partial charge < -0.3 is 15.0 Å². The number of rotatable bonds is 7. The van der Waals surface area contributed by atoms with Crippen molar-refractivity contribution in [3.63, 3.8) is 0 Å². The highest BCUT2D eigenvalue weighted by atomic mass is 16.5. The number of benzene rings is 1. The summed E-state index contributed by atoms with van der Waals surface area (Å²) in [4.78, 5) is 36.4. The lowest BCUT2D eigenvalue weighted by Crippen LogP contribution is -2.30. The maximum Gasteiger partial charge on any atom is 0.254 e. The Morgan fingerprint density at radius 3 is 2.78 bits per heavy atom. The lowest BCUT2D eigenvalue weighted by molar-refractivity contribution is -0.131. The van der Waals surface area contributed by atoms with Gasteiger partial charge in [-0.3, -0.25) is 9.59 Å². The SMILES string of the molecule is COc1cccc(CNC(=O)c2cnc(C3CCN(C(=O)CC4CCCC4)C3)nc2C)c1. The van der Waals surface area contributed by atoms with Gasteiger partial charge >= 0.3 is 0 Å². The van der Waals surface area contributed by atoms with Crippen LogP contribution >= 0.6 is 0 Å². The molecule has 2 amide bonds. The molecule has 1 unspecified atom stereocenters. The molecular weight excluding hydrogens is 404 g/mol. The summed E-state index contributed by atoms with van der Waals surface area (Å²) >= 11 is 0. The van der Waals surface area contributed by atoms with E-state index in [-0.39, 0.29) is 17.7 Å². The summed E-state index contributed by atoms with van der Waals surface area (Å²) in [5.41, 5.74) is 2.10. The van der Waals surface area contributed by atoms with Gasteiger partial charge in [-0.1, -0.05) is 25.0 Å². The Morgan fingerprint density at radius 1 is 1.22 bits per heavy atom. The van der Waals surface area contributed by atoms with Crippen LogP contribution in [0.15, 0.2) is 30.5 Å². The van der Waals surface area contributed by atoms with Gasteiger partial charge in [0.1, 0.15) is 11.6 Å². The topological polar surface area (TPSA) is 84.4 Å². The van der Waals surface area contributed by atoms with Gasteiger partial charge in [0.05, 0.1) is 18.4 Å². The predicted molar refractivity (Wildman–Crippen MR) is 121 cm³/mol. The molecular formula is C25H32N4O3. The fourth-order valence-electron chi connectivity index (χ4n) is 4.75. The van der Waals surface area contributed by atoms with Crippen molar-refractivity contribution in [2.45, 2.75) is 57.9 Å². The Morgan fingerprint density at radius 2 is 2.03 bits per heavy atom. The van der Waals surface area contributed by atoms with E-state index in [1.807, 2.05) is 36.1 Å². The molecule has 32 heavy (non-hydrogen) atoms. The molecule has 0 spiro atoms. The van der Waals surface area contributed by atoms with E-state index < -0.39 is 0 Å². The van der Waals surface area contributed by atoms with Crippen molar-refractivity contribution >= 4 is 11.8 Å². The highest BCUT2D eigenvalue weighted by Crippen LogP contribution is 2.30. The van der Waals surface area contributed by atoms with Crippen molar-refractivity contribution in [3.8, 4) is 5.75 Å². The van der Waals surface area contributed by atoms with Crippen LogP contribution in [0.25, 0.3) is 0 Å². The zero-order valence-electron chi connectivity index (χ0n) is 19.0. The van der Waals surface area contributed by atoms with Crippen LogP contribution in [-0.2, 0) is 11.3 Å². The third-order valence-electron chi connectivity index (χ3n) is 6.67. The monoisotopic (exact) mass is 436 g/mol. The van der Waals surface area contributed by atoms with Crippen molar-refractivity contribution in [1.29, 1.82) is 0 Å². The maximum absolute atomic E-state index is 12.7. The summed E-state index contributed by atoms with van der Waals surface area (Å²) in [6.07, 6.45) is 8.05. The largest absolute Gasteiger partial charge is 0.497 e. The summed E-state index contributed by atoms with van der Waals surface area (Å²) in [6.45, 7) is 3.68. The minimum absolute atomic E-state index is 0.134. The van der Waals surface area contributed by atoms with Gasteiger partial charge in [-0.15, -0.1) is 0 Å². The number of aromatic nitrogens is 2. The summed E-state index contributed by atoms with van der Waals surface area (Å²) in [5.74, 6) is 2.25. The zero-order chi connectivity index (χ0) is 22.5. The Hall–Kier alpha value is -2.96. The fraction of sp³-hybridized carbons (Fsp3) is 0.520. The third kappa shape index (κ3) is 5.26. The first-order valence-electron chi connectivity index (χ1n) is 11.6. The van der Waals surface area contributed by atoms with Crippen LogP contribution in [0.5, 0.6) is 5.75 Å². The second-order valence-corrected chi connectivity index (χ2v) is 8.94. The Labute approximate surface area is 189 Å². The van der Waals surface area contributed by atoms with E-state index in [9.17, 15) is 9.59 Å². The number of nitrogens with one attached hydrogen (secondary N) is 1. The third-order valence-corrected chi connectivity index (χ3v) is 6.67. The van der Waals surface area contributed by atoms with Gasteiger partial charge in [-0.05, 0) is 49.8 Å². The standard InChI is InChI=1S/C25H32N4O3/c1-17-22(25(31)27-14-19-8-5-9-21(12-19)32-2)15-26-24(28-17)20-10-11-29(16-20)23(30)13-18-6-3-4-7-18/h5,8-9,12,15,18,20H,3-4,6-7,10-11,13-14,16H2,1-2H3,(H,27,31). The first-order chi connectivity index (χ1) is 15.5. The second kappa shape index (κ2) is 10.1. The van der Waals surface area contributed by atoms with Crippen LogP contribution in [-0.4, -0.2) is 46.9 Å². The average Bonchev–Trinajstić information content (AvgIpc) is 3.50. The Balaban J connectivity index is 1.33. The van der Waals surface area contributed by atoms with Gasteiger partial charge in [-0.2, -0.15) is 0 Å². The predicted octanol–water partition coefficient (Wildman–Crippen LogP) is 3.62. The van der Waals surface area contributed by atoms with Gasteiger partial charge in [-0.25, -0.2) is 9.97 Å². The minimum atomic E-state index is -0.198. The lowest BCUT2D eigenvalue weighted by Gasteiger charge is -2.18. The summed E-state index contributed by atoms with van der Waals surface area (Å²) in [5, 5.41) is 2.93. The van der Waals surface area contributed by atoms with Crippen molar-refractivity contribution < 1.29 is 14.3 Å². The van der Waals surface area contributed by atoms with Gasteiger partial charge in [0.15, 0.2) is 0 Å². The highest BCUT2D eigenvalue weighted by molar-refractivity contribution is 5.94. The molecule has 0 bridgehead atoms. The number of carbonyl (C=O) groups excluding carboxylic acids is 2. The number of methoxy groups -OCH3 is 1. The average molecular weight is 437 g/mol. The molecule has 2 heterocycles. The molecule has 1 aromatic heterocycles. The smallest absolute Gasteiger partial charge is 0.254 e. The Bertz CT molecular complexity index is 971. The first-order valence-corrected chi connectivity index (χ1v) is 11.6. The van der Waals surface area contributed by atoms with Crippen molar-refractivity contribution in [1.82, 2.24) is 20.2 Å². The molecule has 1 N–H and O–H groups in total. The second-order valence-electron chi connectivity index (χ2n) is 8.94. The van der Waals surface area contributed by atoms with E-state index >= 15 is 0 Å². The molecule has 2 aliphatic rings. The van der Waals surface area contributed by atoms with Crippen LogP contribution < -0.4 is 10.1 Å².